The van der Waals surface area contributed by atoms with E-state index in [2.05, 4.69) is 0 Å². The predicted octanol–water partition coefficient (Wildman–Crippen LogP) is 0.278. The van der Waals surface area contributed by atoms with Gasteiger partial charge in [0.25, 0.3) is 0 Å². The van der Waals surface area contributed by atoms with E-state index in [0.717, 1.165) is 4.90 Å². The van der Waals surface area contributed by atoms with Crippen LogP contribution in [0.5, 0.6) is 0 Å². The highest BCUT2D eigenvalue weighted by molar-refractivity contribution is 5.83. The molecule has 1 N–H and O–H groups in total. The molecule has 0 aliphatic rings. The van der Waals surface area contributed by atoms with Gasteiger partial charge in [-0.2, -0.15) is 13.2 Å². The highest BCUT2D eigenvalue weighted by Crippen LogP contribution is 2.12. The Kier molecular flexibility index (Phi) is 5.06. The Bertz CT molecular complexity index is 266. The standard InChI is InChI=1S/C8H14F3N3O2/c1-13(2)6(15)4-14(3)7(16)12-5-8(9,10)11/h4-5H2,1-3H3,(H,12,16). The van der Waals surface area contributed by atoms with E-state index in [-0.39, 0.29) is 12.5 Å². The van der Waals surface area contributed by atoms with Crippen molar-refractivity contribution in [3.05, 3.63) is 0 Å². The van der Waals surface area contributed by atoms with E-state index in [1.165, 1.54) is 26.0 Å². The first-order valence-electron chi connectivity index (χ1n) is 4.39. The van der Waals surface area contributed by atoms with Gasteiger partial charge in [0.15, 0.2) is 0 Å². The van der Waals surface area contributed by atoms with Crippen LogP contribution in [0.25, 0.3) is 0 Å². The number of halogens is 3. The lowest BCUT2D eigenvalue weighted by molar-refractivity contribution is -0.129. The van der Waals surface area contributed by atoms with E-state index in [4.69, 9.17) is 0 Å². The Morgan fingerprint density at radius 3 is 2.06 bits per heavy atom. The Morgan fingerprint density at radius 2 is 1.69 bits per heavy atom. The zero-order chi connectivity index (χ0) is 12.9. The normalized spacial score (nSPS) is 10.9. The van der Waals surface area contributed by atoms with Crippen LogP contribution in [0.1, 0.15) is 0 Å². The molecule has 94 valence electrons. The monoisotopic (exact) mass is 241 g/mol. The van der Waals surface area contributed by atoms with Crippen molar-refractivity contribution < 1.29 is 22.8 Å². The van der Waals surface area contributed by atoms with Gasteiger partial charge in [-0.25, -0.2) is 4.79 Å². The molecule has 0 bridgehead atoms. The van der Waals surface area contributed by atoms with Crippen LogP contribution in [0, 0.1) is 0 Å². The molecule has 0 fully saturated rings. The van der Waals surface area contributed by atoms with Gasteiger partial charge in [-0.15, -0.1) is 0 Å². The molecular formula is C8H14F3N3O2. The summed E-state index contributed by atoms with van der Waals surface area (Å²) < 4.78 is 35.3. The molecule has 5 nitrogen and oxygen atoms in total. The maximum absolute atomic E-state index is 11.8. The fourth-order valence-electron chi connectivity index (χ4n) is 0.727. The third-order valence-corrected chi connectivity index (χ3v) is 1.66. The number of nitrogens with one attached hydrogen (secondary N) is 1. The van der Waals surface area contributed by atoms with Gasteiger partial charge in [0, 0.05) is 21.1 Å². The summed E-state index contributed by atoms with van der Waals surface area (Å²) in [6.07, 6.45) is -4.46. The second-order valence-corrected chi connectivity index (χ2v) is 3.42. The van der Waals surface area contributed by atoms with Gasteiger partial charge in [0.1, 0.15) is 13.1 Å². The first-order valence-corrected chi connectivity index (χ1v) is 4.39. The lowest BCUT2D eigenvalue weighted by Gasteiger charge is -2.20. The van der Waals surface area contributed by atoms with E-state index < -0.39 is 18.8 Å². The fraction of sp³-hybridized carbons (Fsp3) is 0.750. The van der Waals surface area contributed by atoms with Gasteiger partial charge in [0.2, 0.25) is 5.91 Å². The Morgan fingerprint density at radius 1 is 1.19 bits per heavy atom. The zero-order valence-corrected chi connectivity index (χ0v) is 9.26. The first kappa shape index (κ1) is 14.5. The summed E-state index contributed by atoms with van der Waals surface area (Å²) in [5, 5.41) is 1.66. The second-order valence-electron chi connectivity index (χ2n) is 3.42. The van der Waals surface area contributed by atoms with Gasteiger partial charge >= 0.3 is 12.2 Å². The summed E-state index contributed by atoms with van der Waals surface area (Å²) >= 11 is 0. The summed E-state index contributed by atoms with van der Waals surface area (Å²) in [4.78, 5) is 24.4. The minimum absolute atomic E-state index is 0.267. The number of carbonyl (C=O) groups is 2. The van der Waals surface area contributed by atoms with Gasteiger partial charge in [-0.3, -0.25) is 4.79 Å². The van der Waals surface area contributed by atoms with Crippen molar-refractivity contribution >= 4 is 11.9 Å². The first-order chi connectivity index (χ1) is 7.13. The van der Waals surface area contributed by atoms with E-state index >= 15 is 0 Å². The molecular weight excluding hydrogens is 227 g/mol. The average Bonchev–Trinajstić information content (AvgIpc) is 2.12. The molecule has 0 saturated carbocycles. The number of hydrogen-bond acceptors (Lipinski definition) is 2. The van der Waals surface area contributed by atoms with Gasteiger partial charge in [0.05, 0.1) is 0 Å². The van der Waals surface area contributed by atoms with E-state index in [1.807, 2.05) is 0 Å². The van der Waals surface area contributed by atoms with Crippen LogP contribution in [0.2, 0.25) is 0 Å². The second kappa shape index (κ2) is 5.57. The van der Waals surface area contributed by atoms with Crippen molar-refractivity contribution in [2.45, 2.75) is 6.18 Å². The molecule has 0 unspecified atom stereocenters. The molecule has 0 radical (unpaired) electrons. The molecule has 0 aromatic heterocycles. The molecule has 0 aromatic carbocycles. The smallest absolute Gasteiger partial charge is 0.347 e. The SMILES string of the molecule is CN(C)C(=O)CN(C)C(=O)NCC(F)(F)F. The van der Waals surface area contributed by atoms with Crippen molar-refractivity contribution in [1.82, 2.24) is 15.1 Å². The highest BCUT2D eigenvalue weighted by atomic mass is 19.4. The van der Waals surface area contributed by atoms with E-state index in [0.29, 0.717) is 0 Å². The number of amides is 3. The van der Waals surface area contributed by atoms with Crippen molar-refractivity contribution in [2.75, 3.05) is 34.2 Å². The Labute approximate surface area is 91.2 Å². The summed E-state index contributed by atoms with van der Waals surface area (Å²) in [6.45, 7) is -1.68. The summed E-state index contributed by atoms with van der Waals surface area (Å²) in [7, 11) is 4.22. The average molecular weight is 241 g/mol. The lowest BCUT2D eigenvalue weighted by Crippen LogP contribution is -2.45. The van der Waals surface area contributed by atoms with Gasteiger partial charge in [-0.05, 0) is 0 Å². The van der Waals surface area contributed by atoms with Gasteiger partial charge in [-0.1, -0.05) is 0 Å². The molecule has 3 amide bonds. The largest absolute Gasteiger partial charge is 0.405 e. The van der Waals surface area contributed by atoms with Crippen molar-refractivity contribution in [1.29, 1.82) is 0 Å². The number of nitrogens with zero attached hydrogens (tertiary/aromatic N) is 2. The number of carbonyl (C=O) groups excluding carboxylic acids is 2. The van der Waals surface area contributed by atoms with Gasteiger partial charge < -0.3 is 15.1 Å². The molecule has 0 rings (SSSR count). The predicted molar refractivity (Wildman–Crippen MR) is 50.8 cm³/mol. The lowest BCUT2D eigenvalue weighted by atomic mass is 10.5. The topological polar surface area (TPSA) is 52.7 Å². The van der Waals surface area contributed by atoms with Crippen LogP contribution in [-0.2, 0) is 4.79 Å². The van der Waals surface area contributed by atoms with Crippen molar-refractivity contribution in [2.24, 2.45) is 0 Å². The molecule has 0 aliphatic heterocycles. The third kappa shape index (κ3) is 6.10. The minimum Gasteiger partial charge on any atom is -0.347 e. The van der Waals surface area contributed by atoms with Crippen molar-refractivity contribution in [3.63, 3.8) is 0 Å². The maximum Gasteiger partial charge on any atom is 0.405 e. The van der Waals surface area contributed by atoms with Crippen LogP contribution in [0.15, 0.2) is 0 Å². The minimum atomic E-state index is -4.46. The third-order valence-electron chi connectivity index (χ3n) is 1.66. The van der Waals surface area contributed by atoms with Crippen molar-refractivity contribution in [3.8, 4) is 0 Å². The highest BCUT2D eigenvalue weighted by Gasteiger charge is 2.28. The molecule has 0 saturated heterocycles. The number of hydrogen-bond donors (Lipinski definition) is 1. The summed E-state index contributed by atoms with van der Waals surface area (Å²) in [5.74, 6) is -0.371. The van der Waals surface area contributed by atoms with Crippen LogP contribution < -0.4 is 5.32 Å². The molecule has 0 heterocycles. The maximum atomic E-state index is 11.8. The number of alkyl halides is 3. The molecule has 0 atom stereocenters. The number of likely N-dealkylation sites (N-methyl/N-ethyl adjacent to an activating group) is 2. The van der Waals surface area contributed by atoms with E-state index in [1.54, 1.807) is 5.32 Å². The number of rotatable bonds is 3. The van der Waals surface area contributed by atoms with Crippen LogP contribution in [-0.4, -0.2) is 62.1 Å². The Hall–Kier alpha value is -1.47. The zero-order valence-electron chi connectivity index (χ0n) is 9.26. The summed E-state index contributed by atoms with van der Waals surface area (Å²) in [6, 6.07) is -0.937. The Balaban J connectivity index is 4.05. The summed E-state index contributed by atoms with van der Waals surface area (Å²) in [5.41, 5.74) is 0. The molecule has 0 aliphatic carbocycles. The van der Waals surface area contributed by atoms with Crippen LogP contribution >= 0.6 is 0 Å². The fourth-order valence-corrected chi connectivity index (χ4v) is 0.727. The van der Waals surface area contributed by atoms with E-state index in [9.17, 15) is 22.8 Å². The number of urea groups is 1. The van der Waals surface area contributed by atoms with Crippen LogP contribution in [0.4, 0.5) is 18.0 Å². The quantitative estimate of drug-likeness (QED) is 0.771. The molecule has 0 aromatic rings. The molecule has 0 spiro atoms. The molecule has 16 heavy (non-hydrogen) atoms. The van der Waals surface area contributed by atoms with Crippen LogP contribution in [0.3, 0.4) is 0 Å². The molecule has 8 heteroatoms.